The molecule has 0 bridgehead atoms. The standard InChI is InChI=1S/C24H19NO4/c1-27-18-11-7-16(8-12-18)15-20(23(26)17-9-13-19(28-2)14-10-17)24-25-21-5-3-4-6-22(21)29-24/h3-15H,1-2H3/b20-15-. The van der Waals surface area contributed by atoms with Crippen molar-refractivity contribution in [1.82, 2.24) is 4.98 Å². The average Bonchev–Trinajstić information content (AvgIpc) is 3.21. The van der Waals surface area contributed by atoms with Crippen molar-refractivity contribution in [2.24, 2.45) is 0 Å². The first kappa shape index (κ1) is 18.5. The van der Waals surface area contributed by atoms with Crippen LogP contribution in [0.15, 0.2) is 77.2 Å². The fraction of sp³-hybridized carbons (Fsp3) is 0.0833. The van der Waals surface area contributed by atoms with Crippen LogP contribution >= 0.6 is 0 Å². The Morgan fingerprint density at radius 1 is 0.862 bits per heavy atom. The molecule has 1 aromatic heterocycles. The van der Waals surface area contributed by atoms with Gasteiger partial charge in [0, 0.05) is 5.56 Å². The summed E-state index contributed by atoms with van der Waals surface area (Å²) in [5, 5.41) is 0. The van der Waals surface area contributed by atoms with E-state index in [1.807, 2.05) is 48.5 Å². The molecule has 144 valence electrons. The first-order valence-corrected chi connectivity index (χ1v) is 9.08. The van der Waals surface area contributed by atoms with Crippen LogP contribution in [-0.4, -0.2) is 25.0 Å². The van der Waals surface area contributed by atoms with Crippen LogP contribution in [0.25, 0.3) is 22.7 Å². The maximum Gasteiger partial charge on any atom is 0.231 e. The summed E-state index contributed by atoms with van der Waals surface area (Å²) in [6.07, 6.45) is 1.77. The molecule has 0 N–H and O–H groups in total. The Labute approximate surface area is 168 Å². The number of carbonyl (C=O) groups excluding carboxylic acids is 1. The Balaban J connectivity index is 1.80. The number of benzene rings is 3. The maximum absolute atomic E-state index is 13.3. The summed E-state index contributed by atoms with van der Waals surface area (Å²) in [6, 6.07) is 21.8. The van der Waals surface area contributed by atoms with Crippen molar-refractivity contribution in [3.05, 3.63) is 89.8 Å². The summed E-state index contributed by atoms with van der Waals surface area (Å²) in [5.74, 6) is 1.52. The third kappa shape index (κ3) is 3.89. The molecule has 0 atom stereocenters. The molecule has 0 aliphatic carbocycles. The Hall–Kier alpha value is -3.86. The first-order chi connectivity index (χ1) is 14.2. The lowest BCUT2D eigenvalue weighted by Crippen LogP contribution is -2.03. The summed E-state index contributed by atoms with van der Waals surface area (Å²) < 4.78 is 16.3. The van der Waals surface area contributed by atoms with Crippen molar-refractivity contribution < 1.29 is 18.7 Å². The molecular weight excluding hydrogens is 366 g/mol. The minimum absolute atomic E-state index is 0.185. The minimum Gasteiger partial charge on any atom is -0.497 e. The predicted molar refractivity (Wildman–Crippen MR) is 112 cm³/mol. The topological polar surface area (TPSA) is 61.6 Å². The highest BCUT2D eigenvalue weighted by Crippen LogP contribution is 2.27. The molecule has 0 aliphatic heterocycles. The summed E-state index contributed by atoms with van der Waals surface area (Å²) in [6.45, 7) is 0. The number of allylic oxidation sites excluding steroid dienone is 1. The average molecular weight is 385 g/mol. The van der Waals surface area contributed by atoms with E-state index in [-0.39, 0.29) is 11.7 Å². The normalized spacial score (nSPS) is 11.4. The summed E-state index contributed by atoms with van der Waals surface area (Å²) in [4.78, 5) is 17.8. The van der Waals surface area contributed by atoms with Crippen LogP contribution in [0.1, 0.15) is 21.8 Å². The van der Waals surface area contributed by atoms with Crippen LogP contribution < -0.4 is 9.47 Å². The van der Waals surface area contributed by atoms with Crippen LogP contribution in [0.2, 0.25) is 0 Å². The number of carbonyl (C=O) groups is 1. The monoisotopic (exact) mass is 385 g/mol. The van der Waals surface area contributed by atoms with E-state index in [0.29, 0.717) is 28.0 Å². The lowest BCUT2D eigenvalue weighted by atomic mass is 10.0. The van der Waals surface area contributed by atoms with Gasteiger partial charge >= 0.3 is 0 Å². The fourth-order valence-electron chi connectivity index (χ4n) is 2.98. The van der Waals surface area contributed by atoms with Gasteiger partial charge in [-0.15, -0.1) is 0 Å². The molecule has 0 amide bonds. The summed E-state index contributed by atoms with van der Waals surface area (Å²) in [7, 11) is 3.20. The number of aromatic nitrogens is 1. The van der Waals surface area contributed by atoms with Crippen LogP contribution in [0, 0.1) is 0 Å². The molecule has 0 fully saturated rings. The molecule has 0 saturated heterocycles. The minimum atomic E-state index is -0.185. The second kappa shape index (κ2) is 8.02. The van der Waals surface area contributed by atoms with E-state index in [1.165, 1.54) is 0 Å². The molecule has 4 aromatic rings. The number of Topliss-reactive ketones (excluding diaryl/α,β-unsaturated/α-hetero) is 1. The SMILES string of the molecule is COc1ccc(/C=C(/C(=O)c2ccc(OC)cc2)c2nc3ccccc3o2)cc1. The van der Waals surface area contributed by atoms with Crippen molar-refractivity contribution >= 4 is 28.5 Å². The van der Waals surface area contributed by atoms with Gasteiger partial charge in [0.05, 0.1) is 19.8 Å². The number of hydrogen-bond donors (Lipinski definition) is 0. The fourth-order valence-corrected chi connectivity index (χ4v) is 2.98. The number of ketones is 1. The highest BCUT2D eigenvalue weighted by Gasteiger charge is 2.20. The van der Waals surface area contributed by atoms with Crippen molar-refractivity contribution in [2.75, 3.05) is 14.2 Å². The zero-order valence-electron chi connectivity index (χ0n) is 16.1. The Morgan fingerprint density at radius 3 is 2.10 bits per heavy atom. The smallest absolute Gasteiger partial charge is 0.231 e. The number of hydrogen-bond acceptors (Lipinski definition) is 5. The number of para-hydroxylation sites is 2. The third-order valence-electron chi connectivity index (χ3n) is 4.55. The zero-order valence-corrected chi connectivity index (χ0v) is 16.1. The van der Waals surface area contributed by atoms with E-state index in [1.54, 1.807) is 44.6 Å². The predicted octanol–water partition coefficient (Wildman–Crippen LogP) is 5.27. The molecule has 0 unspecified atom stereocenters. The van der Waals surface area contributed by atoms with Crippen LogP contribution in [0.3, 0.4) is 0 Å². The Kier molecular flexibility index (Phi) is 5.12. The van der Waals surface area contributed by atoms with Gasteiger partial charge in [0.25, 0.3) is 0 Å². The molecule has 0 radical (unpaired) electrons. The number of methoxy groups -OCH3 is 2. The van der Waals surface area contributed by atoms with Gasteiger partial charge in [-0.05, 0) is 60.2 Å². The molecule has 3 aromatic carbocycles. The van der Waals surface area contributed by atoms with Gasteiger partial charge in [0.15, 0.2) is 11.4 Å². The molecule has 1 heterocycles. The van der Waals surface area contributed by atoms with E-state index in [0.717, 1.165) is 11.3 Å². The van der Waals surface area contributed by atoms with Crippen LogP contribution in [0.5, 0.6) is 11.5 Å². The largest absolute Gasteiger partial charge is 0.497 e. The van der Waals surface area contributed by atoms with Crippen molar-refractivity contribution in [3.8, 4) is 11.5 Å². The lowest BCUT2D eigenvalue weighted by Gasteiger charge is -2.06. The van der Waals surface area contributed by atoms with Gasteiger partial charge in [-0.2, -0.15) is 0 Å². The lowest BCUT2D eigenvalue weighted by molar-refractivity contribution is 0.105. The van der Waals surface area contributed by atoms with Gasteiger partial charge in [-0.3, -0.25) is 4.79 Å². The maximum atomic E-state index is 13.3. The van der Waals surface area contributed by atoms with E-state index in [2.05, 4.69) is 4.98 Å². The van der Waals surface area contributed by atoms with Crippen molar-refractivity contribution in [3.63, 3.8) is 0 Å². The number of oxazole rings is 1. The van der Waals surface area contributed by atoms with E-state index in [4.69, 9.17) is 13.9 Å². The number of rotatable bonds is 6. The molecule has 5 nitrogen and oxygen atoms in total. The Morgan fingerprint density at radius 2 is 1.48 bits per heavy atom. The van der Waals surface area contributed by atoms with E-state index >= 15 is 0 Å². The first-order valence-electron chi connectivity index (χ1n) is 9.08. The van der Waals surface area contributed by atoms with Gasteiger partial charge < -0.3 is 13.9 Å². The highest BCUT2D eigenvalue weighted by molar-refractivity contribution is 6.31. The molecule has 0 saturated carbocycles. The molecule has 0 spiro atoms. The second-order valence-corrected chi connectivity index (χ2v) is 6.38. The van der Waals surface area contributed by atoms with Crippen molar-refractivity contribution in [2.45, 2.75) is 0 Å². The molecule has 5 heteroatoms. The van der Waals surface area contributed by atoms with Gasteiger partial charge in [0.2, 0.25) is 5.89 Å². The second-order valence-electron chi connectivity index (χ2n) is 6.38. The van der Waals surface area contributed by atoms with Gasteiger partial charge in [0.1, 0.15) is 17.0 Å². The molecule has 4 rings (SSSR count). The Bertz CT molecular complexity index is 1140. The van der Waals surface area contributed by atoms with E-state index in [9.17, 15) is 4.79 Å². The number of nitrogens with zero attached hydrogens (tertiary/aromatic N) is 1. The van der Waals surface area contributed by atoms with Gasteiger partial charge in [-0.25, -0.2) is 4.98 Å². The van der Waals surface area contributed by atoms with Gasteiger partial charge in [-0.1, -0.05) is 24.3 Å². The van der Waals surface area contributed by atoms with E-state index < -0.39 is 0 Å². The zero-order chi connectivity index (χ0) is 20.2. The molecule has 0 aliphatic rings. The third-order valence-corrected chi connectivity index (χ3v) is 4.55. The number of ether oxygens (including phenoxy) is 2. The molecular formula is C24H19NO4. The number of fused-ring (bicyclic) bond motifs is 1. The van der Waals surface area contributed by atoms with Crippen molar-refractivity contribution in [1.29, 1.82) is 0 Å². The van der Waals surface area contributed by atoms with Crippen LogP contribution in [0.4, 0.5) is 0 Å². The highest BCUT2D eigenvalue weighted by atomic mass is 16.5. The summed E-state index contributed by atoms with van der Waals surface area (Å²) >= 11 is 0. The quantitative estimate of drug-likeness (QED) is 0.334. The summed E-state index contributed by atoms with van der Waals surface area (Å²) in [5.41, 5.74) is 3.06. The van der Waals surface area contributed by atoms with Crippen LogP contribution in [-0.2, 0) is 0 Å². The molecule has 29 heavy (non-hydrogen) atoms.